The third kappa shape index (κ3) is 1.83. The first kappa shape index (κ1) is 8.14. The molecule has 9 heavy (non-hydrogen) atoms. The van der Waals surface area contributed by atoms with Crippen LogP contribution in [-0.2, 0) is 0 Å². The van der Waals surface area contributed by atoms with Gasteiger partial charge in [0, 0.05) is 0 Å². The molecule has 0 aromatic carbocycles. The van der Waals surface area contributed by atoms with Crippen LogP contribution in [-0.4, -0.2) is 26.6 Å². The van der Waals surface area contributed by atoms with E-state index in [0.717, 1.165) is 0 Å². The molecular formula is C2HLiN4O2. The quantitative estimate of drug-likeness (QED) is 0.373. The largest absolute Gasteiger partial charge is 1.00 e. The van der Waals surface area contributed by atoms with Crippen molar-refractivity contribution in [3.63, 3.8) is 0 Å². The fourth-order valence-electron chi connectivity index (χ4n) is 0.246. The molecule has 0 aliphatic carbocycles. The van der Waals surface area contributed by atoms with Crippen LogP contribution >= 0.6 is 0 Å². The molecule has 0 saturated carbocycles. The Morgan fingerprint density at radius 3 is 2.56 bits per heavy atom. The van der Waals surface area contributed by atoms with E-state index in [1.807, 2.05) is 5.10 Å². The van der Waals surface area contributed by atoms with Crippen LogP contribution < -0.4 is 24.0 Å². The summed E-state index contributed by atoms with van der Waals surface area (Å²) in [6.07, 6.45) is 0. The zero-order valence-corrected chi connectivity index (χ0v) is 4.66. The van der Waals surface area contributed by atoms with Crippen LogP contribution in [0.2, 0.25) is 0 Å². The Balaban J connectivity index is 0.000000640. The van der Waals surface area contributed by atoms with Gasteiger partial charge in [-0.15, -0.1) is 5.10 Å². The number of nitrogens with one attached hydrogen (secondary N) is 1. The maximum atomic E-state index is 9.78. The van der Waals surface area contributed by atoms with Gasteiger partial charge in [0.25, 0.3) is 0 Å². The van der Waals surface area contributed by atoms with E-state index in [1.165, 1.54) is 0 Å². The van der Waals surface area contributed by atoms with Gasteiger partial charge in [0.15, 0.2) is 5.82 Å². The molecule has 0 amide bonds. The summed E-state index contributed by atoms with van der Waals surface area (Å²) < 4.78 is 0. The molecule has 0 unspecified atom stereocenters. The normalized spacial score (nSPS) is 8.00. The second-order valence-corrected chi connectivity index (χ2v) is 1.04. The number of carbonyl (C=O) groups excluding carboxylic acids is 1. The summed E-state index contributed by atoms with van der Waals surface area (Å²) in [5, 5.41) is 20.8. The van der Waals surface area contributed by atoms with Crippen LogP contribution in [0.5, 0.6) is 0 Å². The molecule has 1 aromatic rings. The number of H-pyrrole nitrogens is 1. The smallest absolute Gasteiger partial charge is 0.541 e. The molecule has 6 nitrogen and oxygen atoms in total. The minimum Gasteiger partial charge on any atom is -0.541 e. The molecule has 0 bridgehead atoms. The number of carbonyl (C=O) groups is 1. The second-order valence-electron chi connectivity index (χ2n) is 1.04. The van der Waals surface area contributed by atoms with Crippen LogP contribution in [0, 0.1) is 0 Å². The predicted molar refractivity (Wildman–Crippen MR) is 18.5 cm³/mol. The zero-order valence-electron chi connectivity index (χ0n) is 4.66. The minimum atomic E-state index is -1.41. The van der Waals surface area contributed by atoms with Crippen molar-refractivity contribution < 1.29 is 28.8 Å². The van der Waals surface area contributed by atoms with E-state index in [-0.39, 0.29) is 24.7 Å². The van der Waals surface area contributed by atoms with Crippen LogP contribution in [0.1, 0.15) is 10.6 Å². The molecule has 0 spiro atoms. The Morgan fingerprint density at radius 2 is 2.33 bits per heavy atom. The molecule has 1 rings (SSSR count). The van der Waals surface area contributed by atoms with Gasteiger partial charge in [0.1, 0.15) is 5.97 Å². The SMILES string of the molecule is O=C([O-])c1nnn[nH]1.[Li+]. The van der Waals surface area contributed by atoms with Gasteiger partial charge < -0.3 is 9.90 Å². The standard InChI is InChI=1S/C2H2N4O2.Li/c7-2(8)1-3-5-6-4-1;/h(H,7,8)(H,3,4,5,6);/q;+1/p-1. The van der Waals surface area contributed by atoms with E-state index in [9.17, 15) is 9.90 Å². The number of nitrogens with zero attached hydrogens (tertiary/aromatic N) is 3. The molecule has 1 N–H and O–H groups in total. The molecule has 0 fully saturated rings. The van der Waals surface area contributed by atoms with Crippen molar-refractivity contribution in [1.29, 1.82) is 0 Å². The van der Waals surface area contributed by atoms with Crippen molar-refractivity contribution in [3.8, 4) is 0 Å². The molecule has 0 atom stereocenters. The van der Waals surface area contributed by atoms with E-state index < -0.39 is 5.97 Å². The Bertz CT molecular complexity index is 184. The van der Waals surface area contributed by atoms with Gasteiger partial charge in [0.05, 0.1) is 0 Å². The Kier molecular flexibility index (Phi) is 2.91. The summed E-state index contributed by atoms with van der Waals surface area (Å²) in [6, 6.07) is 0. The minimum absolute atomic E-state index is 0. The number of carboxylic acids is 1. The number of aromatic amines is 1. The van der Waals surface area contributed by atoms with Gasteiger partial charge in [-0.1, -0.05) is 0 Å². The molecule has 1 heterocycles. The number of carboxylic acid groups (broad SMARTS) is 1. The summed E-state index contributed by atoms with van der Waals surface area (Å²) in [4.78, 5) is 9.78. The summed E-state index contributed by atoms with van der Waals surface area (Å²) in [5.41, 5.74) is 0. The molecule has 0 saturated heterocycles. The first-order valence-corrected chi connectivity index (χ1v) is 1.76. The fraction of sp³-hybridized carbons (Fsp3) is 0. The Morgan fingerprint density at radius 1 is 1.67 bits per heavy atom. The van der Waals surface area contributed by atoms with Crippen LogP contribution in [0.25, 0.3) is 0 Å². The fourth-order valence-corrected chi connectivity index (χ4v) is 0.246. The van der Waals surface area contributed by atoms with E-state index >= 15 is 0 Å². The molecular weight excluding hydrogens is 119 g/mol. The van der Waals surface area contributed by atoms with Gasteiger partial charge in [-0.25, -0.2) is 5.10 Å². The number of hydrogen-bond donors (Lipinski definition) is 1. The summed E-state index contributed by atoms with van der Waals surface area (Å²) >= 11 is 0. The number of aromatic carboxylic acids is 1. The third-order valence-electron chi connectivity index (χ3n) is 0.539. The van der Waals surface area contributed by atoms with Gasteiger partial charge in [-0.2, -0.15) is 0 Å². The predicted octanol–water partition coefficient (Wildman–Crippen LogP) is -5.43. The molecule has 1 aromatic heterocycles. The van der Waals surface area contributed by atoms with Gasteiger partial charge in [-0.05, 0) is 10.4 Å². The van der Waals surface area contributed by atoms with E-state index in [1.54, 1.807) is 0 Å². The van der Waals surface area contributed by atoms with Gasteiger partial charge in [0.2, 0.25) is 0 Å². The first-order valence-electron chi connectivity index (χ1n) is 1.76. The average molecular weight is 120 g/mol. The van der Waals surface area contributed by atoms with Crippen molar-refractivity contribution in [1.82, 2.24) is 20.6 Å². The number of aromatic nitrogens is 4. The van der Waals surface area contributed by atoms with Crippen molar-refractivity contribution in [2.45, 2.75) is 0 Å². The number of tetrazole rings is 1. The van der Waals surface area contributed by atoms with E-state index in [0.29, 0.717) is 0 Å². The average Bonchev–Trinajstić information content (AvgIpc) is 2.12. The van der Waals surface area contributed by atoms with Gasteiger partial charge in [-0.3, -0.25) is 0 Å². The van der Waals surface area contributed by atoms with Crippen molar-refractivity contribution in [2.24, 2.45) is 0 Å². The van der Waals surface area contributed by atoms with Crippen molar-refractivity contribution >= 4 is 5.97 Å². The second kappa shape index (κ2) is 3.22. The molecule has 0 radical (unpaired) electrons. The Labute approximate surface area is 61.8 Å². The number of hydrogen-bond acceptors (Lipinski definition) is 5. The zero-order chi connectivity index (χ0) is 5.98. The number of rotatable bonds is 1. The van der Waals surface area contributed by atoms with Crippen molar-refractivity contribution in [3.05, 3.63) is 5.82 Å². The van der Waals surface area contributed by atoms with Gasteiger partial charge >= 0.3 is 18.9 Å². The van der Waals surface area contributed by atoms with Crippen LogP contribution in [0.3, 0.4) is 0 Å². The first-order chi connectivity index (χ1) is 3.80. The topological polar surface area (TPSA) is 94.6 Å². The molecule has 0 aliphatic rings. The summed E-state index contributed by atoms with van der Waals surface area (Å²) in [5.74, 6) is -1.76. The monoisotopic (exact) mass is 120 g/mol. The van der Waals surface area contributed by atoms with Crippen molar-refractivity contribution in [2.75, 3.05) is 0 Å². The van der Waals surface area contributed by atoms with E-state index in [2.05, 4.69) is 15.5 Å². The molecule has 0 aliphatic heterocycles. The molecule has 7 heteroatoms. The maximum Gasteiger partial charge on any atom is 1.00 e. The summed E-state index contributed by atoms with van der Waals surface area (Å²) in [7, 11) is 0. The van der Waals surface area contributed by atoms with Crippen LogP contribution in [0.4, 0.5) is 0 Å². The summed E-state index contributed by atoms with van der Waals surface area (Å²) in [6.45, 7) is 0. The van der Waals surface area contributed by atoms with E-state index in [4.69, 9.17) is 0 Å². The Hall–Kier alpha value is -0.863. The van der Waals surface area contributed by atoms with Crippen LogP contribution in [0.15, 0.2) is 0 Å². The molecule has 42 valence electrons. The maximum absolute atomic E-state index is 9.78. The third-order valence-corrected chi connectivity index (χ3v) is 0.539.